The van der Waals surface area contributed by atoms with Crippen molar-refractivity contribution in [1.29, 1.82) is 0 Å². The highest BCUT2D eigenvalue weighted by atomic mass is 127. The van der Waals surface area contributed by atoms with E-state index < -0.39 is 0 Å². The van der Waals surface area contributed by atoms with Gasteiger partial charge in [-0.1, -0.05) is 6.07 Å². The van der Waals surface area contributed by atoms with E-state index in [-0.39, 0.29) is 17.8 Å². The maximum atomic E-state index is 12.6. The van der Waals surface area contributed by atoms with E-state index in [0.29, 0.717) is 0 Å². The summed E-state index contributed by atoms with van der Waals surface area (Å²) in [6.07, 6.45) is 0.663. The number of hydrogen-bond donors (Lipinski definition) is 3. The van der Waals surface area contributed by atoms with E-state index in [4.69, 9.17) is 0 Å². The zero-order chi connectivity index (χ0) is 16.1. The number of nitrogens with zero attached hydrogens (tertiary/aromatic N) is 1. The third kappa shape index (κ3) is 2.60. The molecule has 1 amide bonds. The molecule has 120 valence electrons. The Labute approximate surface area is 151 Å². The molecule has 4 rings (SSSR count). The SMILES string of the molecule is CN1CCc2c(sc3c2C(=O)N[C@@H](c2ccc(O)c(I)c2)N3)C1. The Bertz CT molecular complexity index is 805. The predicted octanol–water partition coefficient (Wildman–Crippen LogP) is 2.90. The summed E-state index contributed by atoms with van der Waals surface area (Å²) < 4.78 is 0.772. The largest absolute Gasteiger partial charge is 0.507 e. The van der Waals surface area contributed by atoms with Gasteiger partial charge in [0.2, 0.25) is 0 Å². The van der Waals surface area contributed by atoms with Crippen LogP contribution in [-0.4, -0.2) is 29.5 Å². The smallest absolute Gasteiger partial charge is 0.256 e. The summed E-state index contributed by atoms with van der Waals surface area (Å²) in [5, 5.41) is 17.1. The van der Waals surface area contributed by atoms with Crippen molar-refractivity contribution >= 4 is 44.8 Å². The monoisotopic (exact) mass is 441 g/mol. The lowest BCUT2D eigenvalue weighted by molar-refractivity contribution is 0.0935. The van der Waals surface area contributed by atoms with Crippen molar-refractivity contribution in [2.45, 2.75) is 19.1 Å². The number of carbonyl (C=O) groups is 1. The van der Waals surface area contributed by atoms with Crippen LogP contribution in [0.5, 0.6) is 5.75 Å². The number of amides is 1. The third-order valence-electron chi connectivity index (χ3n) is 4.33. The standard InChI is InChI=1S/C16H16IN3O2S/c1-20-5-4-9-12(7-20)23-16-13(9)15(22)18-14(19-16)8-2-3-11(21)10(17)6-8/h2-3,6,14,19,21H,4-5,7H2,1H3,(H,18,22)/t14-/m1/s1. The van der Waals surface area contributed by atoms with Gasteiger partial charge in [-0.3, -0.25) is 4.79 Å². The molecule has 1 aromatic carbocycles. The van der Waals surface area contributed by atoms with Crippen LogP contribution in [0.1, 0.15) is 32.5 Å². The van der Waals surface area contributed by atoms with Gasteiger partial charge in [-0.05, 0) is 59.3 Å². The zero-order valence-corrected chi connectivity index (χ0v) is 15.5. The number of nitrogens with one attached hydrogen (secondary N) is 2. The van der Waals surface area contributed by atoms with Crippen molar-refractivity contribution in [3.8, 4) is 5.75 Å². The first-order valence-corrected chi connectivity index (χ1v) is 9.31. The van der Waals surface area contributed by atoms with Crippen molar-refractivity contribution < 1.29 is 9.90 Å². The molecule has 0 bridgehead atoms. The van der Waals surface area contributed by atoms with E-state index >= 15 is 0 Å². The summed E-state index contributed by atoms with van der Waals surface area (Å²) in [5.41, 5.74) is 2.96. The molecule has 0 saturated carbocycles. The highest BCUT2D eigenvalue weighted by molar-refractivity contribution is 14.1. The average Bonchev–Trinajstić information content (AvgIpc) is 2.87. The highest BCUT2D eigenvalue weighted by Gasteiger charge is 2.32. The second-order valence-electron chi connectivity index (χ2n) is 5.96. The summed E-state index contributed by atoms with van der Waals surface area (Å²) >= 11 is 3.78. The number of anilines is 1. The first-order valence-electron chi connectivity index (χ1n) is 7.42. The molecule has 2 aromatic rings. The van der Waals surface area contributed by atoms with Crippen LogP contribution in [0.2, 0.25) is 0 Å². The first-order chi connectivity index (χ1) is 11.0. The van der Waals surface area contributed by atoms with Gasteiger partial charge >= 0.3 is 0 Å². The maximum absolute atomic E-state index is 12.6. The van der Waals surface area contributed by atoms with Gasteiger partial charge in [0.1, 0.15) is 16.9 Å². The number of hydrogen-bond acceptors (Lipinski definition) is 5. The molecule has 0 saturated heterocycles. The molecule has 23 heavy (non-hydrogen) atoms. The van der Waals surface area contributed by atoms with Gasteiger partial charge in [-0.2, -0.15) is 0 Å². The molecule has 0 radical (unpaired) electrons. The number of carbonyl (C=O) groups excluding carboxylic acids is 1. The average molecular weight is 441 g/mol. The number of fused-ring (bicyclic) bond motifs is 3. The molecule has 0 aliphatic carbocycles. The molecule has 1 aromatic heterocycles. The molecule has 1 atom stereocenters. The van der Waals surface area contributed by atoms with Gasteiger partial charge in [-0.15, -0.1) is 11.3 Å². The third-order valence-corrected chi connectivity index (χ3v) is 6.34. The van der Waals surface area contributed by atoms with Gasteiger partial charge in [0.05, 0.1) is 9.13 Å². The predicted molar refractivity (Wildman–Crippen MR) is 99.0 cm³/mol. The van der Waals surface area contributed by atoms with E-state index in [1.807, 2.05) is 12.1 Å². The van der Waals surface area contributed by atoms with Crippen molar-refractivity contribution in [3.63, 3.8) is 0 Å². The summed E-state index contributed by atoms with van der Waals surface area (Å²) in [6.45, 7) is 1.90. The quantitative estimate of drug-likeness (QED) is 0.596. The van der Waals surface area contributed by atoms with Crippen LogP contribution >= 0.6 is 33.9 Å². The maximum Gasteiger partial charge on any atom is 0.256 e. The highest BCUT2D eigenvalue weighted by Crippen LogP contribution is 2.40. The number of thiophene rings is 1. The Balaban J connectivity index is 1.70. The second-order valence-corrected chi connectivity index (χ2v) is 8.22. The molecule has 2 aliphatic heterocycles. The van der Waals surface area contributed by atoms with Crippen LogP contribution in [0.4, 0.5) is 5.00 Å². The van der Waals surface area contributed by atoms with Crippen molar-refractivity contribution in [3.05, 3.63) is 43.3 Å². The number of aromatic hydroxyl groups is 1. The minimum Gasteiger partial charge on any atom is -0.507 e. The van der Waals surface area contributed by atoms with Crippen molar-refractivity contribution in [2.24, 2.45) is 0 Å². The fraction of sp³-hybridized carbons (Fsp3) is 0.312. The number of rotatable bonds is 1. The molecule has 5 nitrogen and oxygen atoms in total. The molecule has 7 heteroatoms. The normalized spacial score (nSPS) is 20.4. The Morgan fingerprint density at radius 1 is 1.39 bits per heavy atom. The fourth-order valence-corrected chi connectivity index (χ4v) is 5.01. The summed E-state index contributed by atoms with van der Waals surface area (Å²) in [4.78, 5) is 16.2. The zero-order valence-electron chi connectivity index (χ0n) is 12.5. The summed E-state index contributed by atoms with van der Waals surface area (Å²) in [5.74, 6) is 0.251. The Hall–Kier alpha value is -1.32. The van der Waals surface area contributed by atoms with Gasteiger partial charge < -0.3 is 20.6 Å². The van der Waals surface area contributed by atoms with E-state index in [9.17, 15) is 9.90 Å². The van der Waals surface area contributed by atoms with E-state index in [0.717, 1.165) is 39.2 Å². The lowest BCUT2D eigenvalue weighted by Crippen LogP contribution is -2.38. The number of phenolic OH excluding ortho intramolecular Hbond substituents is 1. The Morgan fingerprint density at radius 3 is 3.00 bits per heavy atom. The summed E-state index contributed by atoms with van der Waals surface area (Å²) in [7, 11) is 2.11. The van der Waals surface area contributed by atoms with Crippen LogP contribution < -0.4 is 10.6 Å². The lowest BCUT2D eigenvalue weighted by Gasteiger charge is -2.27. The second kappa shape index (κ2) is 5.64. The molecule has 0 unspecified atom stereocenters. The minimum absolute atomic E-state index is 0.00566. The number of halogens is 1. The van der Waals surface area contributed by atoms with E-state index in [1.165, 1.54) is 10.4 Å². The number of phenols is 1. The van der Waals surface area contributed by atoms with Crippen LogP contribution in [-0.2, 0) is 13.0 Å². The Morgan fingerprint density at radius 2 is 2.22 bits per heavy atom. The topological polar surface area (TPSA) is 64.6 Å². The van der Waals surface area contributed by atoms with E-state index in [2.05, 4.69) is 45.2 Å². The molecule has 0 fully saturated rings. The first kappa shape index (κ1) is 15.2. The molecule has 3 heterocycles. The van der Waals surface area contributed by atoms with Gasteiger partial charge in [0, 0.05) is 18.0 Å². The summed E-state index contributed by atoms with van der Waals surface area (Å²) in [6, 6.07) is 5.39. The van der Waals surface area contributed by atoms with E-state index in [1.54, 1.807) is 17.4 Å². The van der Waals surface area contributed by atoms with Gasteiger partial charge in [0.15, 0.2) is 0 Å². The molecular formula is C16H16IN3O2S. The molecular weight excluding hydrogens is 425 g/mol. The molecule has 2 aliphatic rings. The molecule has 0 spiro atoms. The lowest BCUT2D eigenvalue weighted by atomic mass is 10.0. The van der Waals surface area contributed by atoms with Gasteiger partial charge in [-0.25, -0.2) is 0 Å². The van der Waals surface area contributed by atoms with Crippen LogP contribution in [0.15, 0.2) is 18.2 Å². The van der Waals surface area contributed by atoms with Crippen LogP contribution in [0.25, 0.3) is 0 Å². The molecule has 3 N–H and O–H groups in total. The van der Waals surface area contributed by atoms with Crippen LogP contribution in [0, 0.1) is 3.57 Å². The van der Waals surface area contributed by atoms with Gasteiger partial charge in [0.25, 0.3) is 5.91 Å². The number of benzene rings is 1. The van der Waals surface area contributed by atoms with Crippen molar-refractivity contribution in [2.75, 3.05) is 18.9 Å². The van der Waals surface area contributed by atoms with Crippen LogP contribution in [0.3, 0.4) is 0 Å². The van der Waals surface area contributed by atoms with Crippen molar-refractivity contribution in [1.82, 2.24) is 10.2 Å². The fourth-order valence-electron chi connectivity index (χ4n) is 3.11. The Kier molecular flexibility index (Phi) is 3.73. The minimum atomic E-state index is -0.262. The number of likely N-dealkylation sites (N-methyl/N-ethyl adjacent to an activating group) is 1.